The molecule has 1 aliphatic heterocycles. The number of urea groups is 1. The highest BCUT2D eigenvalue weighted by atomic mass is 32.2. The van der Waals surface area contributed by atoms with Crippen molar-refractivity contribution in [2.45, 2.75) is 18.4 Å². The number of piperazine rings is 1. The van der Waals surface area contributed by atoms with Gasteiger partial charge in [-0.25, -0.2) is 17.5 Å². The van der Waals surface area contributed by atoms with E-state index in [1.54, 1.807) is 47.5 Å². The molecule has 1 aliphatic rings. The molecule has 9 nitrogen and oxygen atoms in total. The Morgan fingerprint density at radius 3 is 2.30 bits per heavy atom. The van der Waals surface area contributed by atoms with E-state index in [2.05, 4.69) is 4.98 Å². The second kappa shape index (κ2) is 9.45. The van der Waals surface area contributed by atoms with Crippen LogP contribution in [0.3, 0.4) is 0 Å². The molecule has 0 bridgehead atoms. The fourth-order valence-electron chi connectivity index (χ4n) is 3.57. The van der Waals surface area contributed by atoms with Crippen LogP contribution >= 0.6 is 0 Å². The molecule has 3 amide bonds. The Morgan fingerprint density at radius 1 is 1.00 bits per heavy atom. The highest BCUT2D eigenvalue weighted by Gasteiger charge is 2.35. The first-order valence-electron chi connectivity index (χ1n) is 10.5. The number of benzene rings is 1. The zero-order chi connectivity index (χ0) is 23.4. The molecule has 0 atom stereocenters. The van der Waals surface area contributed by atoms with Crippen LogP contribution < -0.4 is 0 Å². The fourth-order valence-corrected chi connectivity index (χ4v) is 4.94. The molecular weight excluding hydrogens is 444 g/mol. The molecule has 172 valence electrons. The topological polar surface area (TPSA) is 104 Å². The molecule has 0 spiro atoms. The number of aryl methyl sites for hydroxylation is 1. The van der Waals surface area contributed by atoms with E-state index in [9.17, 15) is 18.0 Å². The molecule has 1 saturated heterocycles. The summed E-state index contributed by atoms with van der Waals surface area (Å²) in [4.78, 5) is 33.0. The number of furan rings is 1. The molecule has 0 unspecified atom stereocenters. The van der Waals surface area contributed by atoms with Crippen molar-refractivity contribution in [2.75, 3.05) is 26.2 Å². The van der Waals surface area contributed by atoms with E-state index in [4.69, 9.17) is 4.42 Å². The number of aromatic nitrogens is 1. The van der Waals surface area contributed by atoms with E-state index < -0.39 is 16.1 Å². The summed E-state index contributed by atoms with van der Waals surface area (Å²) in [5, 5.41) is 0. The molecule has 4 rings (SSSR count). The Balaban J connectivity index is 1.55. The molecule has 0 aliphatic carbocycles. The summed E-state index contributed by atoms with van der Waals surface area (Å²) in [5.41, 5.74) is 1.50. The molecular formula is C23H24N4O5S. The summed E-state index contributed by atoms with van der Waals surface area (Å²) in [6.07, 6.45) is 4.55. The minimum Gasteiger partial charge on any atom is -0.459 e. The third-order valence-corrected chi connectivity index (χ3v) is 7.17. The number of hydrogen-bond donors (Lipinski definition) is 0. The summed E-state index contributed by atoms with van der Waals surface area (Å²) < 4.78 is 32.9. The van der Waals surface area contributed by atoms with E-state index in [1.807, 2.05) is 6.92 Å². The van der Waals surface area contributed by atoms with Crippen molar-refractivity contribution >= 4 is 22.0 Å². The maximum atomic E-state index is 13.4. The van der Waals surface area contributed by atoms with Crippen molar-refractivity contribution in [1.29, 1.82) is 0 Å². The maximum Gasteiger partial charge on any atom is 0.334 e. The second-order valence-corrected chi connectivity index (χ2v) is 9.59. The molecule has 3 heterocycles. The SMILES string of the molecule is Cc1ccc(S(=O)(=O)N(Cc2cccnc2)C(=O)N2CCN(C(=O)c3ccco3)CC2)cc1. The Bertz CT molecular complexity index is 1200. The standard InChI is InChI=1S/C23H24N4O5S/c1-18-6-8-20(9-7-18)33(30,31)27(17-19-4-2-10-24-16-19)23(29)26-13-11-25(12-14-26)22(28)21-5-3-15-32-21/h2-10,15-16H,11-14,17H2,1H3. The van der Waals surface area contributed by atoms with E-state index in [0.717, 1.165) is 9.87 Å². The highest BCUT2D eigenvalue weighted by Crippen LogP contribution is 2.22. The van der Waals surface area contributed by atoms with E-state index in [0.29, 0.717) is 5.56 Å². The quantitative estimate of drug-likeness (QED) is 0.570. The van der Waals surface area contributed by atoms with Crippen LogP contribution in [0.5, 0.6) is 0 Å². The van der Waals surface area contributed by atoms with Crippen LogP contribution in [0.25, 0.3) is 0 Å². The normalized spacial score (nSPS) is 14.2. The monoisotopic (exact) mass is 468 g/mol. The zero-order valence-electron chi connectivity index (χ0n) is 18.1. The summed E-state index contributed by atoms with van der Waals surface area (Å²) >= 11 is 0. The molecule has 1 fully saturated rings. The van der Waals surface area contributed by atoms with Crippen LogP contribution in [-0.2, 0) is 16.6 Å². The van der Waals surface area contributed by atoms with E-state index >= 15 is 0 Å². The summed E-state index contributed by atoms with van der Waals surface area (Å²) in [5.74, 6) is -0.0264. The van der Waals surface area contributed by atoms with Crippen LogP contribution in [-0.4, -0.2) is 65.6 Å². The van der Waals surface area contributed by atoms with Gasteiger partial charge in [0.15, 0.2) is 5.76 Å². The lowest BCUT2D eigenvalue weighted by molar-refractivity contribution is 0.0623. The number of sulfonamides is 1. The average molecular weight is 469 g/mol. The predicted octanol–water partition coefficient (Wildman–Crippen LogP) is 2.75. The van der Waals surface area contributed by atoms with Crippen LogP contribution in [0.15, 0.2) is 76.5 Å². The van der Waals surface area contributed by atoms with Gasteiger partial charge in [-0.1, -0.05) is 23.8 Å². The van der Waals surface area contributed by atoms with E-state index in [-0.39, 0.29) is 49.3 Å². The van der Waals surface area contributed by atoms with Gasteiger partial charge in [-0.15, -0.1) is 0 Å². The molecule has 0 radical (unpaired) electrons. The second-order valence-electron chi connectivity index (χ2n) is 7.73. The average Bonchev–Trinajstić information content (AvgIpc) is 3.38. The summed E-state index contributed by atoms with van der Waals surface area (Å²) in [7, 11) is -4.11. The van der Waals surface area contributed by atoms with Crippen LogP contribution in [0.4, 0.5) is 4.79 Å². The van der Waals surface area contributed by atoms with Gasteiger partial charge in [0.1, 0.15) is 0 Å². The minimum absolute atomic E-state index is 0.0389. The van der Waals surface area contributed by atoms with Crippen molar-refractivity contribution in [1.82, 2.24) is 19.1 Å². The smallest absolute Gasteiger partial charge is 0.334 e. The van der Waals surface area contributed by atoms with Gasteiger partial charge in [0.25, 0.3) is 15.9 Å². The van der Waals surface area contributed by atoms with Crippen molar-refractivity contribution in [2.24, 2.45) is 0 Å². The van der Waals surface area contributed by atoms with Gasteiger partial charge in [0.05, 0.1) is 17.7 Å². The largest absolute Gasteiger partial charge is 0.459 e. The van der Waals surface area contributed by atoms with Crippen LogP contribution in [0, 0.1) is 6.92 Å². The number of pyridine rings is 1. The number of rotatable bonds is 5. The molecule has 0 saturated carbocycles. The lowest BCUT2D eigenvalue weighted by Crippen LogP contribution is -2.54. The molecule has 3 aromatic rings. The lowest BCUT2D eigenvalue weighted by atomic mass is 10.2. The third kappa shape index (κ3) is 4.90. The number of nitrogens with zero attached hydrogens (tertiary/aromatic N) is 4. The highest BCUT2D eigenvalue weighted by molar-refractivity contribution is 7.89. The number of amides is 3. The maximum absolute atomic E-state index is 13.4. The first kappa shape index (κ1) is 22.5. The van der Waals surface area contributed by atoms with Gasteiger partial charge in [-0.3, -0.25) is 9.78 Å². The van der Waals surface area contributed by atoms with Gasteiger partial charge in [0.2, 0.25) is 0 Å². The molecule has 33 heavy (non-hydrogen) atoms. The Morgan fingerprint density at radius 2 is 1.70 bits per heavy atom. The van der Waals surface area contributed by atoms with E-state index in [1.165, 1.54) is 29.5 Å². The first-order valence-corrected chi connectivity index (χ1v) is 11.9. The molecule has 0 N–H and O–H groups in total. The first-order chi connectivity index (χ1) is 15.9. The van der Waals surface area contributed by atoms with Crippen molar-refractivity contribution in [3.8, 4) is 0 Å². The van der Waals surface area contributed by atoms with Crippen molar-refractivity contribution in [3.63, 3.8) is 0 Å². The van der Waals surface area contributed by atoms with Gasteiger partial charge >= 0.3 is 6.03 Å². The van der Waals surface area contributed by atoms with Gasteiger partial charge in [0, 0.05) is 38.6 Å². The molecule has 2 aromatic heterocycles. The summed E-state index contributed by atoms with van der Waals surface area (Å²) in [6, 6.07) is 12.4. The van der Waals surface area contributed by atoms with Crippen molar-refractivity contribution in [3.05, 3.63) is 84.1 Å². The molecule has 10 heteroatoms. The third-order valence-electron chi connectivity index (χ3n) is 5.44. The molecule has 1 aromatic carbocycles. The van der Waals surface area contributed by atoms with Gasteiger partial charge < -0.3 is 14.2 Å². The fraction of sp³-hybridized carbons (Fsp3) is 0.261. The zero-order valence-corrected chi connectivity index (χ0v) is 18.9. The number of hydrogen-bond acceptors (Lipinski definition) is 6. The minimum atomic E-state index is -4.11. The van der Waals surface area contributed by atoms with Crippen molar-refractivity contribution < 1.29 is 22.4 Å². The summed E-state index contributed by atoms with van der Waals surface area (Å²) in [6.45, 7) is 2.68. The lowest BCUT2D eigenvalue weighted by Gasteiger charge is -2.37. The van der Waals surface area contributed by atoms with Gasteiger partial charge in [-0.05, 0) is 42.8 Å². The van der Waals surface area contributed by atoms with Crippen LogP contribution in [0.2, 0.25) is 0 Å². The van der Waals surface area contributed by atoms with Crippen LogP contribution in [0.1, 0.15) is 21.7 Å². The number of carbonyl (C=O) groups is 2. The Hall–Kier alpha value is -3.66. The number of carbonyl (C=O) groups excluding carboxylic acids is 2. The Kier molecular flexibility index (Phi) is 6.45. The Labute approximate surface area is 192 Å². The van der Waals surface area contributed by atoms with Gasteiger partial charge in [-0.2, -0.15) is 0 Å². The predicted molar refractivity (Wildman–Crippen MR) is 120 cm³/mol.